The summed E-state index contributed by atoms with van der Waals surface area (Å²) in [5.74, 6) is 0. The molecule has 0 spiro atoms. The second kappa shape index (κ2) is 5.52. The molecule has 0 amide bonds. The summed E-state index contributed by atoms with van der Waals surface area (Å²) in [6.45, 7) is 1.33. The molecule has 110 valence electrons. The topological polar surface area (TPSA) is 116 Å². The third kappa shape index (κ3) is 2.85. The second-order valence-electron chi connectivity index (χ2n) is 4.14. The molecule has 0 radical (unpaired) electrons. The zero-order chi connectivity index (χ0) is 14.9. The number of nitrogens with zero attached hydrogens (tertiary/aromatic N) is 2. The first-order chi connectivity index (χ1) is 9.32. The Kier molecular flexibility index (Phi) is 4.14. The molecule has 1 aromatic carbocycles. The molecule has 0 aliphatic carbocycles. The largest absolute Gasteiger partial charge is 0.378 e. The SMILES string of the molecule is NS(=O)(=O)c1ccc(Cl)c([N+](=O)[O-])c1N1CCOCC1. The minimum absolute atomic E-state index is 0.0756. The van der Waals surface area contributed by atoms with Gasteiger partial charge in [-0.15, -0.1) is 0 Å². The lowest BCUT2D eigenvalue weighted by atomic mass is 10.2. The van der Waals surface area contributed by atoms with Crippen LogP contribution in [0.4, 0.5) is 11.4 Å². The zero-order valence-corrected chi connectivity index (χ0v) is 11.9. The smallest absolute Gasteiger partial charge is 0.312 e. The first-order valence-corrected chi connectivity index (χ1v) is 7.57. The van der Waals surface area contributed by atoms with Gasteiger partial charge in [-0.2, -0.15) is 0 Å². The Morgan fingerprint density at radius 3 is 2.45 bits per heavy atom. The number of hydrogen-bond acceptors (Lipinski definition) is 6. The van der Waals surface area contributed by atoms with Crippen LogP contribution in [0, 0.1) is 10.1 Å². The van der Waals surface area contributed by atoms with Gasteiger partial charge in [-0.25, -0.2) is 13.6 Å². The van der Waals surface area contributed by atoms with Gasteiger partial charge in [-0.05, 0) is 12.1 Å². The number of benzene rings is 1. The van der Waals surface area contributed by atoms with Gasteiger partial charge < -0.3 is 9.64 Å². The van der Waals surface area contributed by atoms with Crippen molar-refractivity contribution in [3.8, 4) is 0 Å². The van der Waals surface area contributed by atoms with Crippen LogP contribution in [0.1, 0.15) is 0 Å². The van der Waals surface area contributed by atoms with E-state index in [2.05, 4.69) is 0 Å². The maximum absolute atomic E-state index is 11.6. The summed E-state index contributed by atoms with van der Waals surface area (Å²) >= 11 is 5.83. The van der Waals surface area contributed by atoms with E-state index in [9.17, 15) is 18.5 Å². The number of morpholine rings is 1. The summed E-state index contributed by atoms with van der Waals surface area (Å²) in [5, 5.41) is 16.2. The molecule has 8 nitrogen and oxygen atoms in total. The molecule has 1 aromatic rings. The Balaban J connectivity index is 2.71. The van der Waals surface area contributed by atoms with Gasteiger partial charge in [0, 0.05) is 13.1 Å². The predicted octanol–water partition coefficient (Wildman–Crippen LogP) is 0.732. The van der Waals surface area contributed by atoms with Crippen LogP contribution in [0.2, 0.25) is 5.02 Å². The van der Waals surface area contributed by atoms with Gasteiger partial charge in [0.1, 0.15) is 15.6 Å². The van der Waals surface area contributed by atoms with E-state index in [0.29, 0.717) is 26.3 Å². The highest BCUT2D eigenvalue weighted by Crippen LogP contribution is 2.40. The standard InChI is InChI=1S/C10H12ClN3O5S/c11-7-1-2-8(20(12,17)18)10(9(7)14(15)16)13-3-5-19-6-4-13/h1-2H,3-6H2,(H2,12,17,18). The molecule has 20 heavy (non-hydrogen) atoms. The third-order valence-electron chi connectivity index (χ3n) is 2.88. The second-order valence-corrected chi connectivity index (χ2v) is 6.08. The lowest BCUT2D eigenvalue weighted by Gasteiger charge is -2.29. The maximum atomic E-state index is 11.6. The Bertz CT molecular complexity index is 643. The number of nitro benzene ring substituents is 1. The van der Waals surface area contributed by atoms with Gasteiger partial charge in [-0.3, -0.25) is 10.1 Å². The minimum atomic E-state index is -4.10. The third-order valence-corrected chi connectivity index (χ3v) is 4.13. The van der Waals surface area contributed by atoms with E-state index >= 15 is 0 Å². The number of anilines is 1. The van der Waals surface area contributed by atoms with Crippen molar-refractivity contribution in [1.29, 1.82) is 0 Å². The average molecular weight is 322 g/mol. The number of primary sulfonamides is 1. The van der Waals surface area contributed by atoms with Crippen LogP contribution >= 0.6 is 11.6 Å². The lowest BCUT2D eigenvalue weighted by Crippen LogP contribution is -2.37. The minimum Gasteiger partial charge on any atom is -0.378 e. The van der Waals surface area contributed by atoms with Crippen molar-refractivity contribution in [1.82, 2.24) is 0 Å². The molecule has 1 aliphatic rings. The Hall–Kier alpha value is -1.42. The first-order valence-electron chi connectivity index (χ1n) is 5.64. The summed E-state index contributed by atoms with van der Waals surface area (Å²) in [6.07, 6.45) is 0. The molecule has 0 unspecified atom stereocenters. The molecular weight excluding hydrogens is 310 g/mol. The number of sulfonamides is 1. The van der Waals surface area contributed by atoms with Crippen molar-refractivity contribution in [3.05, 3.63) is 27.3 Å². The Morgan fingerprint density at radius 1 is 1.35 bits per heavy atom. The predicted molar refractivity (Wildman–Crippen MR) is 72.5 cm³/mol. The summed E-state index contributed by atoms with van der Waals surface area (Å²) in [4.78, 5) is 11.7. The number of rotatable bonds is 3. The van der Waals surface area contributed by atoms with Crippen LogP contribution in [-0.2, 0) is 14.8 Å². The maximum Gasteiger partial charge on any atom is 0.312 e. The van der Waals surface area contributed by atoms with Crippen molar-refractivity contribution in [2.24, 2.45) is 5.14 Å². The molecule has 0 bridgehead atoms. The molecule has 0 atom stereocenters. The summed E-state index contributed by atoms with van der Waals surface area (Å²) in [6, 6.07) is 2.33. The molecule has 0 aromatic heterocycles. The number of halogens is 1. The van der Waals surface area contributed by atoms with Crippen LogP contribution in [0.5, 0.6) is 0 Å². The van der Waals surface area contributed by atoms with Gasteiger partial charge >= 0.3 is 5.69 Å². The summed E-state index contributed by atoms with van der Waals surface area (Å²) in [7, 11) is -4.10. The monoisotopic (exact) mass is 321 g/mol. The van der Waals surface area contributed by atoms with Crippen LogP contribution < -0.4 is 10.0 Å². The van der Waals surface area contributed by atoms with E-state index in [1.165, 1.54) is 6.07 Å². The van der Waals surface area contributed by atoms with Crippen LogP contribution in [0.25, 0.3) is 0 Å². The fraction of sp³-hybridized carbons (Fsp3) is 0.400. The number of ether oxygens (including phenoxy) is 1. The molecule has 2 rings (SSSR count). The molecule has 1 fully saturated rings. The van der Waals surface area contributed by atoms with Crippen molar-refractivity contribution in [2.75, 3.05) is 31.2 Å². The van der Waals surface area contributed by atoms with Crippen molar-refractivity contribution >= 4 is 33.0 Å². The number of nitrogens with two attached hydrogens (primary N) is 1. The zero-order valence-electron chi connectivity index (χ0n) is 10.3. The number of nitro groups is 1. The fourth-order valence-electron chi connectivity index (χ4n) is 2.03. The molecule has 0 saturated carbocycles. The van der Waals surface area contributed by atoms with Crippen molar-refractivity contribution in [3.63, 3.8) is 0 Å². The van der Waals surface area contributed by atoms with Gasteiger partial charge in [-0.1, -0.05) is 11.6 Å². The lowest BCUT2D eigenvalue weighted by molar-refractivity contribution is -0.384. The van der Waals surface area contributed by atoms with E-state index in [0.717, 1.165) is 6.07 Å². The molecule has 1 aliphatic heterocycles. The Labute approximate surface area is 120 Å². The van der Waals surface area contributed by atoms with Crippen molar-refractivity contribution in [2.45, 2.75) is 4.90 Å². The molecule has 10 heteroatoms. The average Bonchev–Trinajstić information content (AvgIpc) is 2.37. The molecule has 1 heterocycles. The van der Waals surface area contributed by atoms with E-state index in [-0.39, 0.29) is 15.6 Å². The van der Waals surface area contributed by atoms with Gasteiger partial charge in [0.25, 0.3) is 0 Å². The Morgan fingerprint density at radius 2 is 1.95 bits per heavy atom. The van der Waals surface area contributed by atoms with Gasteiger partial charge in [0.05, 0.1) is 18.1 Å². The quantitative estimate of drug-likeness (QED) is 0.648. The summed E-state index contributed by atoms with van der Waals surface area (Å²) < 4.78 is 28.4. The van der Waals surface area contributed by atoms with Crippen LogP contribution in [0.3, 0.4) is 0 Å². The highest BCUT2D eigenvalue weighted by molar-refractivity contribution is 7.89. The van der Waals surface area contributed by atoms with E-state index in [1.807, 2.05) is 0 Å². The normalized spacial score (nSPS) is 16.2. The highest BCUT2D eigenvalue weighted by atomic mass is 35.5. The van der Waals surface area contributed by atoms with E-state index in [1.54, 1.807) is 4.90 Å². The van der Waals surface area contributed by atoms with E-state index in [4.69, 9.17) is 21.5 Å². The number of hydrogen-bond donors (Lipinski definition) is 1. The van der Waals surface area contributed by atoms with Gasteiger partial charge in [0.2, 0.25) is 10.0 Å². The summed E-state index contributed by atoms with van der Waals surface area (Å²) in [5.41, 5.74) is -0.534. The molecular formula is C10H12ClN3O5S. The van der Waals surface area contributed by atoms with E-state index < -0.39 is 20.6 Å². The molecule has 1 saturated heterocycles. The first kappa shape index (κ1) is 15.0. The highest BCUT2D eigenvalue weighted by Gasteiger charge is 2.31. The van der Waals surface area contributed by atoms with Crippen molar-refractivity contribution < 1.29 is 18.1 Å². The fourth-order valence-corrected chi connectivity index (χ4v) is 3.01. The van der Waals surface area contributed by atoms with Crippen LogP contribution in [-0.4, -0.2) is 39.6 Å². The molecule has 2 N–H and O–H groups in total. The van der Waals surface area contributed by atoms with Gasteiger partial charge in [0.15, 0.2) is 0 Å². The van der Waals surface area contributed by atoms with Crippen LogP contribution in [0.15, 0.2) is 17.0 Å².